The Balaban J connectivity index is 2.43. The Morgan fingerprint density at radius 1 is 1.08 bits per heavy atom. The zero-order valence-electron chi connectivity index (χ0n) is 14.3. The van der Waals surface area contributed by atoms with Crippen LogP contribution in [0.3, 0.4) is 0 Å². The van der Waals surface area contributed by atoms with Crippen molar-refractivity contribution in [2.24, 2.45) is 0 Å². The Hall–Kier alpha value is -1.20. The Morgan fingerprint density at radius 2 is 1.80 bits per heavy atom. The molecule has 1 aromatic heterocycles. The summed E-state index contributed by atoms with van der Waals surface area (Å²) in [6.07, 6.45) is 1.01. The number of aromatic nitrogens is 2. The summed E-state index contributed by atoms with van der Waals surface area (Å²) in [5.74, 6) is -2.69. The van der Waals surface area contributed by atoms with Crippen LogP contribution in [0, 0.1) is 0 Å². The van der Waals surface area contributed by atoms with Gasteiger partial charge in [-0.15, -0.1) is 0 Å². The summed E-state index contributed by atoms with van der Waals surface area (Å²) in [6.45, 7) is 2.31. The van der Waals surface area contributed by atoms with E-state index in [0.717, 1.165) is 12.8 Å². The van der Waals surface area contributed by atoms with Crippen LogP contribution < -0.4 is 0 Å². The molecule has 9 nitrogen and oxygen atoms in total. The molecule has 6 N–H and O–H groups in total. The van der Waals surface area contributed by atoms with Gasteiger partial charge in [0.15, 0.2) is 6.29 Å². The van der Waals surface area contributed by atoms with E-state index >= 15 is 0 Å². The largest absolute Gasteiger partial charge is 0.388 e. The number of rotatable bonds is 12. The molecule has 9 heteroatoms. The van der Waals surface area contributed by atoms with E-state index in [1.165, 1.54) is 12.4 Å². The molecule has 144 valence electrons. The van der Waals surface area contributed by atoms with Crippen molar-refractivity contribution in [3.8, 4) is 0 Å². The third-order valence-corrected chi connectivity index (χ3v) is 3.59. The summed E-state index contributed by atoms with van der Waals surface area (Å²) >= 11 is 0. The molecule has 0 fully saturated rings. The van der Waals surface area contributed by atoms with Gasteiger partial charge in [-0.1, -0.05) is 13.3 Å². The molecule has 0 aliphatic rings. The molecular formula is C16H28N2O7. The molecular weight excluding hydrogens is 332 g/mol. The first-order chi connectivity index (χ1) is 11.7. The highest BCUT2D eigenvalue weighted by Gasteiger charge is 2.22. The van der Waals surface area contributed by atoms with Crippen molar-refractivity contribution in [3.05, 3.63) is 23.8 Å². The van der Waals surface area contributed by atoms with Gasteiger partial charge in [-0.25, -0.2) is 0 Å². The van der Waals surface area contributed by atoms with Crippen molar-refractivity contribution < 1.29 is 35.4 Å². The Bertz CT molecular complexity index is 478. The van der Waals surface area contributed by atoms with E-state index in [2.05, 4.69) is 9.97 Å². The van der Waals surface area contributed by atoms with Gasteiger partial charge >= 0.3 is 0 Å². The summed E-state index contributed by atoms with van der Waals surface area (Å²) in [6, 6.07) is 0. The van der Waals surface area contributed by atoms with Crippen molar-refractivity contribution in [3.63, 3.8) is 0 Å². The zero-order chi connectivity index (χ0) is 18.9. The van der Waals surface area contributed by atoms with E-state index in [0.29, 0.717) is 25.1 Å². The van der Waals surface area contributed by atoms with Crippen LogP contribution in [0.4, 0.5) is 0 Å². The molecule has 0 bridgehead atoms. The average Bonchev–Trinajstić information content (AvgIpc) is 2.54. The van der Waals surface area contributed by atoms with Gasteiger partial charge in [0.2, 0.25) is 0 Å². The molecule has 1 aromatic rings. The van der Waals surface area contributed by atoms with Gasteiger partial charge in [0, 0.05) is 25.6 Å². The number of nitrogens with zero attached hydrogens (tertiary/aromatic N) is 2. The number of ether oxygens (including phenoxy) is 1. The van der Waals surface area contributed by atoms with E-state index in [1.807, 2.05) is 6.92 Å². The maximum atomic E-state index is 10.1. The van der Waals surface area contributed by atoms with E-state index in [-0.39, 0.29) is 18.5 Å². The van der Waals surface area contributed by atoms with Crippen molar-refractivity contribution >= 4 is 0 Å². The Morgan fingerprint density at radius 3 is 2.36 bits per heavy atom. The number of hydrogen-bond acceptors (Lipinski definition) is 9. The lowest BCUT2D eigenvalue weighted by Gasteiger charge is -2.20. The van der Waals surface area contributed by atoms with Crippen LogP contribution >= 0.6 is 0 Å². The molecule has 0 saturated heterocycles. The second kappa shape index (κ2) is 10.7. The maximum Gasteiger partial charge on any atom is 0.275 e. The van der Waals surface area contributed by atoms with Gasteiger partial charge in [0.05, 0.1) is 17.6 Å². The second-order valence-corrected chi connectivity index (χ2v) is 5.99. The molecule has 0 aliphatic carbocycles. The summed E-state index contributed by atoms with van der Waals surface area (Å²) in [4.78, 5) is 8.14. The molecule has 0 saturated carbocycles. The first-order valence-corrected chi connectivity index (χ1v) is 8.36. The molecule has 0 amide bonds. The first-order valence-electron chi connectivity index (χ1n) is 8.36. The van der Waals surface area contributed by atoms with Gasteiger partial charge in [0.1, 0.15) is 12.2 Å². The van der Waals surface area contributed by atoms with E-state index in [1.54, 1.807) is 0 Å². The fraction of sp³-hybridized carbons (Fsp3) is 0.750. The van der Waals surface area contributed by atoms with Crippen LogP contribution in [-0.2, 0) is 11.2 Å². The molecule has 3 unspecified atom stereocenters. The Labute approximate surface area is 146 Å². The lowest BCUT2D eigenvalue weighted by atomic mass is 10.1. The molecule has 1 rings (SSSR count). The molecule has 0 radical (unpaired) electrons. The third-order valence-electron chi connectivity index (χ3n) is 3.59. The van der Waals surface area contributed by atoms with Crippen molar-refractivity contribution in [2.75, 3.05) is 6.61 Å². The molecule has 0 spiro atoms. The monoisotopic (exact) mass is 360 g/mol. The third kappa shape index (κ3) is 9.17. The van der Waals surface area contributed by atoms with Crippen LogP contribution in [-0.4, -0.2) is 65.6 Å². The fourth-order valence-electron chi connectivity index (χ4n) is 2.10. The van der Waals surface area contributed by atoms with Gasteiger partial charge in [-0.2, -0.15) is 0 Å². The lowest BCUT2D eigenvalue weighted by molar-refractivity contribution is -0.314. The minimum absolute atomic E-state index is 0.149. The number of aryl methyl sites for hydroxylation is 1. The van der Waals surface area contributed by atoms with E-state index in [9.17, 15) is 15.3 Å². The topological polar surface area (TPSA) is 156 Å². The summed E-state index contributed by atoms with van der Waals surface area (Å²) in [7, 11) is 0. The normalized spacial score (nSPS) is 15.8. The van der Waals surface area contributed by atoms with Crippen LogP contribution in [0.15, 0.2) is 12.4 Å². The Kier molecular flexibility index (Phi) is 9.36. The predicted octanol–water partition coefficient (Wildman–Crippen LogP) is -0.651. The highest BCUT2D eigenvalue weighted by atomic mass is 16.7. The SMILES string of the molecule is CCCCOC(O)C(O)CC(O)c1cnc(CCCC(O)(O)O)cn1. The highest BCUT2D eigenvalue weighted by molar-refractivity contribution is 5.05. The molecule has 0 aromatic carbocycles. The number of aliphatic hydroxyl groups excluding tert-OH is 3. The van der Waals surface area contributed by atoms with Crippen LogP contribution in [0.5, 0.6) is 0 Å². The number of aliphatic hydroxyl groups is 6. The first kappa shape index (κ1) is 21.8. The molecule has 3 atom stereocenters. The van der Waals surface area contributed by atoms with E-state index in [4.69, 9.17) is 20.1 Å². The number of unbranched alkanes of at least 4 members (excludes halogenated alkanes) is 1. The van der Waals surface area contributed by atoms with Crippen LogP contribution in [0.25, 0.3) is 0 Å². The van der Waals surface area contributed by atoms with Gasteiger partial charge in [-0.3, -0.25) is 9.97 Å². The van der Waals surface area contributed by atoms with Gasteiger partial charge < -0.3 is 35.4 Å². The molecule has 25 heavy (non-hydrogen) atoms. The van der Waals surface area contributed by atoms with Crippen molar-refractivity contribution in [1.82, 2.24) is 9.97 Å². The zero-order valence-corrected chi connectivity index (χ0v) is 14.3. The maximum absolute atomic E-state index is 10.1. The van der Waals surface area contributed by atoms with Crippen molar-refractivity contribution in [2.45, 2.75) is 69.9 Å². The van der Waals surface area contributed by atoms with E-state index < -0.39 is 24.5 Å². The standard InChI is InChI=1S/C16H28N2O7/c1-2-3-7-25-15(21)14(20)8-13(19)12-10-17-11(9-18-12)5-4-6-16(22,23)24/h9-10,13-15,19-24H,2-8H2,1H3. The fourth-order valence-corrected chi connectivity index (χ4v) is 2.10. The van der Waals surface area contributed by atoms with Gasteiger partial charge in [-0.05, 0) is 19.3 Å². The lowest BCUT2D eigenvalue weighted by Crippen LogP contribution is -2.30. The highest BCUT2D eigenvalue weighted by Crippen LogP contribution is 2.18. The smallest absolute Gasteiger partial charge is 0.275 e. The van der Waals surface area contributed by atoms with Crippen LogP contribution in [0.2, 0.25) is 0 Å². The van der Waals surface area contributed by atoms with Crippen molar-refractivity contribution in [1.29, 1.82) is 0 Å². The van der Waals surface area contributed by atoms with Crippen LogP contribution in [0.1, 0.15) is 56.5 Å². The van der Waals surface area contributed by atoms with Gasteiger partial charge in [0.25, 0.3) is 5.97 Å². The quantitative estimate of drug-likeness (QED) is 0.210. The minimum atomic E-state index is -2.69. The number of hydrogen-bond donors (Lipinski definition) is 6. The molecule has 0 aliphatic heterocycles. The predicted molar refractivity (Wildman–Crippen MR) is 86.8 cm³/mol. The minimum Gasteiger partial charge on any atom is -0.388 e. The summed E-state index contributed by atoms with van der Waals surface area (Å²) in [5.41, 5.74) is 0.799. The summed E-state index contributed by atoms with van der Waals surface area (Å²) in [5, 5.41) is 56.0. The second-order valence-electron chi connectivity index (χ2n) is 5.99. The molecule has 1 heterocycles. The average molecular weight is 360 g/mol. The summed E-state index contributed by atoms with van der Waals surface area (Å²) < 4.78 is 5.07.